The van der Waals surface area contributed by atoms with Crippen LogP contribution in [0.2, 0.25) is 0 Å². The molecule has 5 aromatic rings. The molecule has 3 aliphatic heterocycles. The third-order valence-electron chi connectivity index (χ3n) is 21.5. The molecule has 3 aliphatic rings. The maximum atomic E-state index is 17.1. The van der Waals surface area contributed by atoms with E-state index in [1.54, 1.807) is 46.9 Å². The van der Waals surface area contributed by atoms with Crippen molar-refractivity contribution in [1.82, 2.24) is 55.9 Å². The molecule has 5 heterocycles. The summed E-state index contributed by atoms with van der Waals surface area (Å²) in [6, 6.07) is 1.54. The molecule has 0 radical (unpaired) electrons. The van der Waals surface area contributed by atoms with Crippen LogP contribution in [0.15, 0.2) is 73.2 Å². The number of anilines is 1. The molecule has 710 valence electrons. The van der Waals surface area contributed by atoms with E-state index in [1.165, 1.54) is 84.3 Å². The second-order valence-corrected chi connectivity index (χ2v) is 37.7. The second kappa shape index (κ2) is 41.6. The summed E-state index contributed by atoms with van der Waals surface area (Å²) in [6.45, 7) is 15.6. The van der Waals surface area contributed by atoms with Gasteiger partial charge in [0.15, 0.2) is 0 Å². The van der Waals surface area contributed by atoms with Crippen molar-refractivity contribution < 1.29 is 139 Å². The first-order chi connectivity index (χ1) is 59.6. The van der Waals surface area contributed by atoms with Gasteiger partial charge in [-0.1, -0.05) is 43.9 Å². The third-order valence-corrected chi connectivity index (χ3v) is 21.9. The van der Waals surface area contributed by atoms with Gasteiger partial charge in [0.05, 0.1) is 87.4 Å². The minimum atomic E-state index is -5.76. The van der Waals surface area contributed by atoms with Crippen molar-refractivity contribution in [2.75, 3.05) is 58.5 Å². The van der Waals surface area contributed by atoms with Crippen LogP contribution < -0.4 is 30.8 Å². The highest BCUT2D eigenvalue weighted by Gasteiger charge is 2.58. The van der Waals surface area contributed by atoms with Crippen LogP contribution >= 0.6 is 7.82 Å². The van der Waals surface area contributed by atoms with Gasteiger partial charge in [-0.2, -0.15) is 40.2 Å². The van der Waals surface area contributed by atoms with E-state index in [9.17, 15) is 47.1 Å². The Kier molecular flexibility index (Phi) is 33.4. The lowest BCUT2D eigenvalue weighted by atomic mass is 9.77. The molecular weight excluding hydrogens is 1740 g/mol. The predicted molar refractivity (Wildman–Crippen MR) is 443 cm³/mol. The fraction of sp³-hybridized carbons (Fsp3) is 0.581. The monoisotopic (exact) mass is 1850 g/mol. The molecular formula is C86H111F10N12O20P. The van der Waals surface area contributed by atoms with Crippen LogP contribution in [0.1, 0.15) is 188 Å². The quantitative estimate of drug-likeness (QED) is 0.00548. The van der Waals surface area contributed by atoms with E-state index in [0.29, 0.717) is 95.8 Å². The number of piperazine rings is 1. The number of carbonyl (C=O) groups is 9. The average molecular weight is 1850 g/mol. The topological polar surface area (TPSA) is 390 Å². The number of carbonyl (C=O) groups excluding carboxylic acids is 9. The highest BCUT2D eigenvalue weighted by Crippen LogP contribution is 2.48. The van der Waals surface area contributed by atoms with Gasteiger partial charge < -0.3 is 63.4 Å². The van der Waals surface area contributed by atoms with Gasteiger partial charge in [0.25, 0.3) is 5.91 Å². The molecule has 0 saturated carbocycles. The number of hydrogen-bond donors (Lipinski definition) is 6. The number of aromatic nitrogens is 4. The lowest BCUT2D eigenvalue weighted by Gasteiger charge is -2.47. The second-order valence-electron chi connectivity index (χ2n) is 36.5. The number of aryl methyl sites for hydroxylation is 1. The zero-order valence-electron chi connectivity index (χ0n) is 74.8. The summed E-state index contributed by atoms with van der Waals surface area (Å²) in [7, 11) is -4.30. The first-order valence-corrected chi connectivity index (χ1v) is 42.7. The molecule has 8 rings (SSSR count). The summed E-state index contributed by atoms with van der Waals surface area (Å²) in [6.07, 6.45) is -15.3. The maximum absolute atomic E-state index is 17.1. The Morgan fingerprint density at radius 2 is 1.19 bits per heavy atom. The van der Waals surface area contributed by atoms with E-state index in [2.05, 4.69) is 56.9 Å². The summed E-state index contributed by atoms with van der Waals surface area (Å²) < 4.78 is 211. The van der Waals surface area contributed by atoms with Crippen LogP contribution in [0.5, 0.6) is 5.75 Å². The minimum Gasteiger partial charge on any atom is -0.460 e. The van der Waals surface area contributed by atoms with Gasteiger partial charge in [0, 0.05) is 90.9 Å². The van der Waals surface area contributed by atoms with Gasteiger partial charge in [-0.3, -0.25) is 48.9 Å². The number of hydrogen-bond acceptors (Lipinski definition) is 24. The van der Waals surface area contributed by atoms with Crippen molar-refractivity contribution in [3.05, 3.63) is 124 Å². The average Bonchev–Trinajstić information content (AvgIpc) is 1.59. The number of nitrogens with zero attached hydrogens (tertiary/aromatic N) is 8. The molecule has 0 aliphatic carbocycles. The first-order valence-electron chi connectivity index (χ1n) is 41.1. The Bertz CT molecular complexity index is 4940. The van der Waals surface area contributed by atoms with Crippen LogP contribution in [0.3, 0.4) is 0 Å². The van der Waals surface area contributed by atoms with Crippen LogP contribution in [0.4, 0.5) is 59.4 Å². The van der Waals surface area contributed by atoms with Crippen LogP contribution in [0.25, 0.3) is 11.3 Å². The number of nitrogens with one attached hydrogen (secondary N) is 4. The third kappa shape index (κ3) is 28.6. The van der Waals surface area contributed by atoms with Gasteiger partial charge in [0.2, 0.25) is 17.8 Å². The smallest absolute Gasteiger partial charge is 0.460 e. The Hall–Kier alpha value is -10.7. The summed E-state index contributed by atoms with van der Waals surface area (Å²) in [5, 5.41) is 10.1. The number of halogens is 10. The van der Waals surface area contributed by atoms with E-state index in [1.807, 2.05) is 5.32 Å². The summed E-state index contributed by atoms with van der Waals surface area (Å²) in [4.78, 5) is 166. The number of hydrazine groups is 1. The van der Waals surface area contributed by atoms with E-state index in [4.69, 9.17) is 28.2 Å². The van der Waals surface area contributed by atoms with Crippen molar-refractivity contribution in [3.63, 3.8) is 0 Å². The highest BCUT2D eigenvalue weighted by molar-refractivity contribution is 7.46. The van der Waals surface area contributed by atoms with E-state index < -0.39 is 242 Å². The number of esters is 4. The number of rotatable bonds is 35. The van der Waals surface area contributed by atoms with Crippen LogP contribution in [-0.2, 0) is 96.1 Å². The maximum Gasteiger partial charge on any atom is 0.524 e. The minimum absolute atomic E-state index is 0.0465. The van der Waals surface area contributed by atoms with Crippen molar-refractivity contribution in [2.45, 2.75) is 258 Å². The number of benzene rings is 3. The molecule has 129 heavy (non-hydrogen) atoms. The van der Waals surface area contributed by atoms with Gasteiger partial charge in [-0.25, -0.2) is 47.4 Å². The zero-order valence-corrected chi connectivity index (χ0v) is 75.7. The zero-order chi connectivity index (χ0) is 96.4. The Balaban J connectivity index is 1.32. The SMILES string of the molecule is COC(=O)N[C@H](C(=O)N[C@@H](Cc1ccc(C#Cc2cnc(N3CC4CCC(C3)N4C3COC3)nc2)cc1)[C@H](CN(Cc1c(F)cc(-c2ccn(C(F)F)n2)cc1F)NC(=O)[C@@H](NC(=O)OC)C(C)(C)C(F)(F)F)OC(=O)CC(C)(C)c1c(CC(=O)N(CCC(=O)OC(C)(C)C)[C@@H](CCC(=O)OC(C)(C)C)C(=O)OC(C)(C)C)cc(C)cc1OP(=O)(O)O)C(C)(C)C(F)(F)F. The fourth-order valence-electron chi connectivity index (χ4n) is 15.0. The molecule has 43 heteroatoms. The van der Waals surface area contributed by atoms with Gasteiger partial charge >= 0.3 is 62.8 Å². The van der Waals surface area contributed by atoms with Gasteiger partial charge in [0.1, 0.15) is 58.4 Å². The number of ether oxygens (including phenoxy) is 7. The van der Waals surface area contributed by atoms with E-state index in [-0.39, 0.29) is 39.0 Å². The number of methoxy groups -OCH3 is 2. The number of alkyl halides is 8. The van der Waals surface area contributed by atoms with Crippen LogP contribution in [-0.4, -0.2) is 229 Å². The molecule has 2 unspecified atom stereocenters. The van der Waals surface area contributed by atoms with Crippen molar-refractivity contribution in [1.29, 1.82) is 0 Å². The molecule has 3 saturated heterocycles. The van der Waals surface area contributed by atoms with E-state index in [0.717, 1.165) is 43.2 Å². The Labute approximate surface area is 739 Å². The summed E-state index contributed by atoms with van der Waals surface area (Å²) in [5.74, 6) is -6.55. The molecule has 0 spiro atoms. The normalized spacial score (nSPS) is 16.7. The number of phosphoric ester groups is 1. The Morgan fingerprint density at radius 1 is 0.667 bits per heavy atom. The molecule has 3 fully saturated rings. The fourth-order valence-corrected chi connectivity index (χ4v) is 15.4. The number of alkyl carbamates (subject to hydrolysis) is 2. The first kappa shape index (κ1) is 104. The van der Waals surface area contributed by atoms with Crippen molar-refractivity contribution in [2.24, 2.45) is 10.8 Å². The largest absolute Gasteiger partial charge is 0.524 e. The molecule has 2 aromatic heterocycles. The van der Waals surface area contributed by atoms with E-state index >= 15 is 54.3 Å². The summed E-state index contributed by atoms with van der Waals surface area (Å²) in [5.41, 5.74) is -12.0. The van der Waals surface area contributed by atoms with Gasteiger partial charge in [-0.15, -0.1) is 0 Å². The lowest BCUT2D eigenvalue weighted by Crippen LogP contribution is -2.64. The predicted octanol–water partition coefficient (Wildman–Crippen LogP) is 11.6. The van der Waals surface area contributed by atoms with Crippen LogP contribution in [0, 0.1) is 41.2 Å². The van der Waals surface area contributed by atoms with Crippen molar-refractivity contribution in [3.8, 4) is 28.8 Å². The van der Waals surface area contributed by atoms with Crippen molar-refractivity contribution >= 4 is 67.6 Å². The summed E-state index contributed by atoms with van der Waals surface area (Å²) >= 11 is 0. The Morgan fingerprint density at radius 3 is 1.68 bits per heavy atom. The van der Waals surface area contributed by atoms with Gasteiger partial charge in [-0.05, 0) is 176 Å². The molecule has 5 amide bonds. The molecule has 2 bridgehead atoms. The highest BCUT2D eigenvalue weighted by atomic mass is 31.2. The molecule has 7 atom stereocenters. The number of phosphoric acid groups is 1. The standard InChI is InChI=1S/C86H111F10N12O20P/c1-48-33-53(38-65(109)106(31-30-67(111)126-80(5,6)7)62(74(115)127-81(8,9)10)27-28-66(110)125-79(2,3)4)69(63(34-48)128-129(118,119)120)82(11,12)39-68(112)124-64(45-105(103-73(114)71(101-78(117)122-18)84(15,16)86(94,95)96)44-57-58(87)36-52(37-59(57)88)60-29-32-107(102-60)75(89)90)61(99-72(113)70(100-77(116)121-17)83(13,14)85(91,92)93)35-50-22-19-49(20-23-50)21-24-51-40-97-76(98-41-51)104-42-54-25-26-55(43-104)108(54)56-46-123-47-56/h19-20,22-23,29,32-34,36-37,40-41,54-56,61-62,64,70-71,75H,25-28,30-31,35,38-39,42-47H2,1-18H3,(H,99,113)(H,100,116)(H,101,117)(H,103,114)(H2,118,119,120)/t54?,55?,61-,62-,64-,70+,71+/m0/s1. The number of amides is 5. The lowest BCUT2D eigenvalue weighted by molar-refractivity contribution is -0.221. The number of fused-ring (bicyclic) bond motifs is 2. The molecule has 32 nitrogen and oxygen atoms in total. The molecule has 3 aromatic carbocycles. The molecule has 6 N–H and O–H groups in total.